The number of anilines is 2. The topological polar surface area (TPSA) is 58.4 Å². The van der Waals surface area contributed by atoms with Gasteiger partial charge in [0.15, 0.2) is 0 Å². The zero-order chi connectivity index (χ0) is 15.8. The molecule has 0 spiro atoms. The summed E-state index contributed by atoms with van der Waals surface area (Å²) >= 11 is 0. The molecule has 0 heterocycles. The van der Waals surface area contributed by atoms with Crippen molar-refractivity contribution in [1.29, 1.82) is 0 Å². The van der Waals surface area contributed by atoms with Gasteiger partial charge in [-0.3, -0.25) is 4.79 Å². The fraction of sp³-hybridized carbons (Fsp3) is 0.588. The van der Waals surface area contributed by atoms with Crippen molar-refractivity contribution in [3.63, 3.8) is 0 Å². The number of nitrogens with two attached hydrogens (primary N) is 1. The number of carbonyl (C=O) groups is 1. The lowest BCUT2D eigenvalue weighted by Crippen LogP contribution is -2.31. The summed E-state index contributed by atoms with van der Waals surface area (Å²) in [5.74, 6) is 0.0571. The van der Waals surface area contributed by atoms with E-state index in [1.165, 1.54) is 0 Å². The van der Waals surface area contributed by atoms with Crippen LogP contribution in [0, 0.1) is 6.92 Å². The average Bonchev–Trinajstić information content (AvgIpc) is 2.45. The largest absolute Gasteiger partial charge is 0.398 e. The standard InChI is InChI=1S/C17H29N3O/c1-5-14(6-2)20(4)12-8-11-17(21)19-16-10-7-9-15(18)13(16)3/h7,9-10,14H,5-6,8,11-12,18H2,1-4H3,(H,19,21). The molecule has 1 aromatic rings. The zero-order valence-corrected chi connectivity index (χ0v) is 13.8. The Bertz CT molecular complexity index is 455. The van der Waals surface area contributed by atoms with Crippen LogP contribution in [-0.4, -0.2) is 30.4 Å². The van der Waals surface area contributed by atoms with E-state index in [0.717, 1.165) is 37.1 Å². The van der Waals surface area contributed by atoms with Crippen LogP contribution in [0.1, 0.15) is 45.1 Å². The second-order valence-corrected chi connectivity index (χ2v) is 5.62. The first-order valence-electron chi connectivity index (χ1n) is 7.84. The number of nitrogen functional groups attached to an aromatic ring is 1. The molecule has 1 rings (SSSR count). The van der Waals surface area contributed by atoms with Crippen LogP contribution in [0.15, 0.2) is 18.2 Å². The molecule has 1 amide bonds. The third-order valence-corrected chi connectivity index (χ3v) is 4.13. The van der Waals surface area contributed by atoms with Crippen LogP contribution >= 0.6 is 0 Å². The van der Waals surface area contributed by atoms with E-state index in [4.69, 9.17) is 5.73 Å². The molecule has 0 saturated heterocycles. The van der Waals surface area contributed by atoms with Crippen LogP contribution in [-0.2, 0) is 4.79 Å². The van der Waals surface area contributed by atoms with E-state index in [1.807, 2.05) is 25.1 Å². The van der Waals surface area contributed by atoms with E-state index < -0.39 is 0 Å². The SMILES string of the molecule is CCC(CC)N(C)CCCC(=O)Nc1cccc(N)c1C. The van der Waals surface area contributed by atoms with Crippen molar-refractivity contribution in [2.45, 2.75) is 52.5 Å². The summed E-state index contributed by atoms with van der Waals surface area (Å²) in [5.41, 5.74) is 8.30. The summed E-state index contributed by atoms with van der Waals surface area (Å²) in [5, 5.41) is 2.94. The van der Waals surface area contributed by atoms with Crippen LogP contribution in [0.4, 0.5) is 11.4 Å². The van der Waals surface area contributed by atoms with E-state index in [9.17, 15) is 4.79 Å². The Hall–Kier alpha value is -1.55. The van der Waals surface area contributed by atoms with Gasteiger partial charge >= 0.3 is 0 Å². The molecule has 0 aliphatic rings. The van der Waals surface area contributed by atoms with Gasteiger partial charge in [0, 0.05) is 23.8 Å². The van der Waals surface area contributed by atoms with Gasteiger partial charge in [0.25, 0.3) is 0 Å². The minimum Gasteiger partial charge on any atom is -0.398 e. The molecule has 0 atom stereocenters. The van der Waals surface area contributed by atoms with Crippen LogP contribution in [0.2, 0.25) is 0 Å². The van der Waals surface area contributed by atoms with Gasteiger partial charge in [-0.25, -0.2) is 0 Å². The second-order valence-electron chi connectivity index (χ2n) is 5.62. The van der Waals surface area contributed by atoms with Gasteiger partial charge in [-0.2, -0.15) is 0 Å². The highest BCUT2D eigenvalue weighted by molar-refractivity contribution is 5.92. The van der Waals surface area contributed by atoms with Crippen molar-refractivity contribution in [2.75, 3.05) is 24.6 Å². The molecule has 0 saturated carbocycles. The third kappa shape index (κ3) is 5.38. The lowest BCUT2D eigenvalue weighted by Gasteiger charge is -2.25. The molecule has 118 valence electrons. The number of benzene rings is 1. The number of carbonyl (C=O) groups excluding carboxylic acids is 1. The number of nitrogens with zero attached hydrogens (tertiary/aromatic N) is 1. The molecule has 0 aromatic heterocycles. The molecule has 3 N–H and O–H groups in total. The van der Waals surface area contributed by atoms with E-state index >= 15 is 0 Å². The lowest BCUT2D eigenvalue weighted by molar-refractivity contribution is -0.116. The van der Waals surface area contributed by atoms with Crippen molar-refractivity contribution in [3.8, 4) is 0 Å². The first-order chi connectivity index (χ1) is 9.99. The van der Waals surface area contributed by atoms with Crippen molar-refractivity contribution < 1.29 is 4.79 Å². The Labute approximate surface area is 128 Å². The minimum atomic E-state index is 0.0571. The van der Waals surface area contributed by atoms with E-state index in [1.54, 1.807) is 0 Å². The molecule has 0 aliphatic carbocycles. The summed E-state index contributed by atoms with van der Waals surface area (Å²) in [4.78, 5) is 14.3. The van der Waals surface area contributed by atoms with Crippen molar-refractivity contribution >= 4 is 17.3 Å². The minimum absolute atomic E-state index is 0.0571. The van der Waals surface area contributed by atoms with Crippen LogP contribution < -0.4 is 11.1 Å². The summed E-state index contributed by atoms with van der Waals surface area (Å²) in [6.45, 7) is 7.29. The highest BCUT2D eigenvalue weighted by Crippen LogP contribution is 2.20. The molecule has 4 heteroatoms. The predicted molar refractivity (Wildman–Crippen MR) is 90.5 cm³/mol. The van der Waals surface area contributed by atoms with E-state index in [-0.39, 0.29) is 5.91 Å². The molecular formula is C17H29N3O. The maximum Gasteiger partial charge on any atom is 0.224 e. The number of rotatable bonds is 8. The van der Waals surface area contributed by atoms with Gasteiger partial charge in [0.2, 0.25) is 5.91 Å². The lowest BCUT2D eigenvalue weighted by atomic mass is 10.1. The van der Waals surface area contributed by atoms with Crippen LogP contribution in [0.5, 0.6) is 0 Å². The van der Waals surface area contributed by atoms with Gasteiger partial charge in [-0.15, -0.1) is 0 Å². The molecular weight excluding hydrogens is 262 g/mol. The fourth-order valence-electron chi connectivity index (χ4n) is 2.59. The number of amides is 1. The monoisotopic (exact) mass is 291 g/mol. The maximum atomic E-state index is 12.0. The average molecular weight is 291 g/mol. The summed E-state index contributed by atoms with van der Waals surface area (Å²) < 4.78 is 0. The molecule has 21 heavy (non-hydrogen) atoms. The first kappa shape index (κ1) is 17.5. The van der Waals surface area contributed by atoms with Crippen molar-refractivity contribution in [2.24, 2.45) is 0 Å². The maximum absolute atomic E-state index is 12.0. The normalized spacial score (nSPS) is 11.1. The third-order valence-electron chi connectivity index (χ3n) is 4.13. The number of nitrogens with one attached hydrogen (secondary N) is 1. The van der Waals surface area contributed by atoms with Gasteiger partial charge in [0.05, 0.1) is 0 Å². The van der Waals surface area contributed by atoms with Gasteiger partial charge in [0.1, 0.15) is 0 Å². The Morgan fingerprint density at radius 2 is 2.00 bits per heavy atom. The molecule has 4 nitrogen and oxygen atoms in total. The second kappa shape index (κ2) is 8.67. The Morgan fingerprint density at radius 3 is 2.62 bits per heavy atom. The Balaban J connectivity index is 2.39. The fourth-order valence-corrected chi connectivity index (χ4v) is 2.59. The number of hydrogen-bond acceptors (Lipinski definition) is 3. The Morgan fingerprint density at radius 1 is 1.33 bits per heavy atom. The smallest absolute Gasteiger partial charge is 0.224 e. The van der Waals surface area contributed by atoms with Crippen molar-refractivity contribution in [3.05, 3.63) is 23.8 Å². The van der Waals surface area contributed by atoms with Crippen LogP contribution in [0.25, 0.3) is 0 Å². The molecule has 0 bridgehead atoms. The Kier molecular flexibility index (Phi) is 7.23. The quantitative estimate of drug-likeness (QED) is 0.722. The molecule has 0 aliphatic heterocycles. The number of hydrogen-bond donors (Lipinski definition) is 2. The first-order valence-corrected chi connectivity index (χ1v) is 7.84. The van der Waals surface area contributed by atoms with E-state index in [0.29, 0.717) is 18.2 Å². The van der Waals surface area contributed by atoms with Gasteiger partial charge in [-0.05, 0) is 57.5 Å². The molecule has 0 unspecified atom stereocenters. The highest BCUT2D eigenvalue weighted by atomic mass is 16.1. The molecule has 0 fully saturated rings. The molecule has 0 radical (unpaired) electrons. The van der Waals surface area contributed by atoms with Crippen molar-refractivity contribution in [1.82, 2.24) is 4.90 Å². The van der Waals surface area contributed by atoms with Crippen LogP contribution in [0.3, 0.4) is 0 Å². The highest BCUT2D eigenvalue weighted by Gasteiger charge is 2.11. The van der Waals surface area contributed by atoms with Gasteiger partial charge in [-0.1, -0.05) is 19.9 Å². The zero-order valence-electron chi connectivity index (χ0n) is 13.8. The predicted octanol–water partition coefficient (Wildman–Crippen LogP) is 3.42. The van der Waals surface area contributed by atoms with Gasteiger partial charge < -0.3 is 16.0 Å². The summed E-state index contributed by atoms with van der Waals surface area (Å²) in [7, 11) is 2.14. The summed E-state index contributed by atoms with van der Waals surface area (Å²) in [6, 6.07) is 6.21. The van der Waals surface area contributed by atoms with E-state index in [2.05, 4.69) is 31.1 Å². The molecule has 1 aromatic carbocycles. The summed E-state index contributed by atoms with van der Waals surface area (Å²) in [6.07, 6.45) is 3.72.